The van der Waals surface area contributed by atoms with Gasteiger partial charge in [-0.25, -0.2) is 4.79 Å². The minimum Gasteiger partial charge on any atom is -0.482 e. The van der Waals surface area contributed by atoms with E-state index in [0.29, 0.717) is 23.8 Å². The van der Waals surface area contributed by atoms with E-state index in [9.17, 15) is 9.59 Å². The van der Waals surface area contributed by atoms with E-state index in [2.05, 4.69) is 5.32 Å². The van der Waals surface area contributed by atoms with Crippen molar-refractivity contribution in [1.29, 1.82) is 0 Å². The number of fused-ring (bicyclic) bond motifs is 1. The lowest BCUT2D eigenvalue weighted by Gasteiger charge is -2.10. The van der Waals surface area contributed by atoms with Gasteiger partial charge in [0.05, 0.1) is 11.6 Å². The van der Waals surface area contributed by atoms with Crippen LogP contribution >= 0.6 is 11.6 Å². The van der Waals surface area contributed by atoms with Gasteiger partial charge in [-0.3, -0.25) is 4.79 Å². The summed E-state index contributed by atoms with van der Waals surface area (Å²) in [6.07, 6.45) is 0. The molecular formula is C15H16ClNO5. The van der Waals surface area contributed by atoms with Gasteiger partial charge in [0, 0.05) is 31.2 Å². The molecule has 0 saturated heterocycles. The quantitative estimate of drug-likeness (QED) is 0.648. The number of methoxy groups -OCH3 is 1. The van der Waals surface area contributed by atoms with Gasteiger partial charge < -0.3 is 19.2 Å². The van der Waals surface area contributed by atoms with Gasteiger partial charge in [0.25, 0.3) is 5.91 Å². The molecule has 0 radical (unpaired) electrons. The van der Waals surface area contributed by atoms with Gasteiger partial charge in [-0.2, -0.15) is 0 Å². The molecule has 0 spiro atoms. The van der Waals surface area contributed by atoms with Gasteiger partial charge in [-0.15, -0.1) is 0 Å². The topological polar surface area (TPSA) is 77.8 Å². The van der Waals surface area contributed by atoms with Gasteiger partial charge in [0.2, 0.25) is 0 Å². The first-order valence-corrected chi connectivity index (χ1v) is 7.01. The molecule has 0 unspecified atom stereocenters. The Balaban J connectivity index is 2.13. The van der Waals surface area contributed by atoms with E-state index in [1.54, 1.807) is 20.1 Å². The summed E-state index contributed by atoms with van der Waals surface area (Å²) in [5.74, 6) is -0.0104. The Morgan fingerprint density at radius 2 is 2.14 bits per heavy atom. The highest BCUT2D eigenvalue weighted by molar-refractivity contribution is 6.32. The highest BCUT2D eigenvalue weighted by Crippen LogP contribution is 2.30. The van der Waals surface area contributed by atoms with E-state index in [0.717, 1.165) is 10.9 Å². The van der Waals surface area contributed by atoms with Crippen LogP contribution in [0.4, 0.5) is 0 Å². The average Bonchev–Trinajstić information content (AvgIpc) is 2.46. The minimum atomic E-state index is -0.449. The molecule has 0 fully saturated rings. The van der Waals surface area contributed by atoms with E-state index >= 15 is 0 Å². The van der Waals surface area contributed by atoms with E-state index in [1.807, 2.05) is 0 Å². The lowest BCUT2D eigenvalue weighted by atomic mass is 10.1. The van der Waals surface area contributed by atoms with Crippen LogP contribution in [0, 0.1) is 6.92 Å². The van der Waals surface area contributed by atoms with Crippen molar-refractivity contribution in [3.63, 3.8) is 0 Å². The first-order chi connectivity index (χ1) is 10.5. The fraction of sp³-hybridized carbons (Fsp3) is 0.333. The third kappa shape index (κ3) is 3.99. The van der Waals surface area contributed by atoms with Crippen LogP contribution in [0.3, 0.4) is 0 Å². The van der Waals surface area contributed by atoms with Crippen LogP contribution in [0.5, 0.6) is 5.75 Å². The van der Waals surface area contributed by atoms with Crippen molar-refractivity contribution >= 4 is 28.5 Å². The number of nitrogens with one attached hydrogen (secondary N) is 1. The molecule has 1 amide bonds. The Hall–Kier alpha value is -2.05. The van der Waals surface area contributed by atoms with Crippen LogP contribution in [0.2, 0.25) is 5.02 Å². The van der Waals surface area contributed by atoms with Crippen molar-refractivity contribution in [1.82, 2.24) is 5.32 Å². The van der Waals surface area contributed by atoms with Gasteiger partial charge in [-0.1, -0.05) is 11.6 Å². The van der Waals surface area contributed by atoms with E-state index in [1.165, 1.54) is 12.1 Å². The Bertz CT molecular complexity index is 741. The van der Waals surface area contributed by atoms with Crippen molar-refractivity contribution in [2.45, 2.75) is 6.92 Å². The summed E-state index contributed by atoms with van der Waals surface area (Å²) in [7, 11) is 1.55. The van der Waals surface area contributed by atoms with E-state index in [-0.39, 0.29) is 18.3 Å². The third-order valence-corrected chi connectivity index (χ3v) is 3.29. The average molecular weight is 326 g/mol. The molecule has 0 aliphatic rings. The van der Waals surface area contributed by atoms with Crippen molar-refractivity contribution in [3.8, 4) is 5.75 Å². The number of aryl methyl sites for hydroxylation is 1. The second-order valence-corrected chi connectivity index (χ2v) is 5.07. The lowest BCUT2D eigenvalue weighted by molar-refractivity contribution is -0.123. The predicted octanol–water partition coefficient (Wildman–Crippen LogP) is 1.90. The van der Waals surface area contributed by atoms with Gasteiger partial charge in [0.1, 0.15) is 11.3 Å². The minimum absolute atomic E-state index is 0.189. The number of benzene rings is 1. The van der Waals surface area contributed by atoms with Crippen molar-refractivity contribution in [2.75, 3.05) is 26.9 Å². The van der Waals surface area contributed by atoms with Crippen molar-refractivity contribution in [2.24, 2.45) is 0 Å². The Kier molecular flexibility index (Phi) is 5.41. The molecule has 0 atom stereocenters. The number of ether oxygens (including phenoxy) is 2. The molecular weight excluding hydrogens is 310 g/mol. The van der Waals surface area contributed by atoms with Crippen molar-refractivity contribution < 1.29 is 18.7 Å². The summed E-state index contributed by atoms with van der Waals surface area (Å²) in [5, 5.41) is 3.69. The molecule has 22 heavy (non-hydrogen) atoms. The van der Waals surface area contributed by atoms with Gasteiger partial charge in [-0.05, 0) is 18.6 Å². The van der Waals surface area contributed by atoms with Crippen LogP contribution in [0.25, 0.3) is 11.0 Å². The predicted molar refractivity (Wildman–Crippen MR) is 82.6 cm³/mol. The fourth-order valence-corrected chi connectivity index (χ4v) is 2.14. The summed E-state index contributed by atoms with van der Waals surface area (Å²) in [4.78, 5) is 23.0. The maximum Gasteiger partial charge on any atom is 0.336 e. The molecule has 6 nitrogen and oxygen atoms in total. The normalized spacial score (nSPS) is 10.7. The highest BCUT2D eigenvalue weighted by Gasteiger charge is 2.10. The molecule has 0 saturated carbocycles. The standard InChI is InChI=1S/C15H16ClNO5/c1-9-5-15(19)22-12-7-13(11(16)6-10(9)12)21-8-14(18)17-3-4-20-2/h5-7H,3-4,8H2,1-2H3,(H,17,18). The van der Waals surface area contributed by atoms with Crippen LogP contribution in [-0.2, 0) is 9.53 Å². The summed E-state index contributed by atoms with van der Waals surface area (Å²) in [6.45, 7) is 2.43. The maximum atomic E-state index is 11.6. The SMILES string of the molecule is COCCNC(=O)COc1cc2oc(=O)cc(C)c2cc1Cl. The number of halogens is 1. The third-order valence-electron chi connectivity index (χ3n) is 2.99. The number of hydrogen-bond acceptors (Lipinski definition) is 5. The molecule has 0 aliphatic heterocycles. The van der Waals surface area contributed by atoms with Crippen LogP contribution in [0.1, 0.15) is 5.56 Å². The van der Waals surface area contributed by atoms with Gasteiger partial charge in [0.15, 0.2) is 6.61 Å². The van der Waals surface area contributed by atoms with Gasteiger partial charge >= 0.3 is 5.63 Å². The van der Waals surface area contributed by atoms with Crippen LogP contribution in [0.15, 0.2) is 27.4 Å². The Morgan fingerprint density at radius 1 is 1.36 bits per heavy atom. The van der Waals surface area contributed by atoms with Crippen LogP contribution in [-0.4, -0.2) is 32.8 Å². The highest BCUT2D eigenvalue weighted by atomic mass is 35.5. The number of carbonyl (C=O) groups excluding carboxylic acids is 1. The molecule has 7 heteroatoms. The molecule has 1 N–H and O–H groups in total. The number of rotatable bonds is 6. The largest absolute Gasteiger partial charge is 0.482 e. The molecule has 1 heterocycles. The smallest absolute Gasteiger partial charge is 0.336 e. The molecule has 1 aromatic heterocycles. The fourth-order valence-electron chi connectivity index (χ4n) is 1.92. The van der Waals surface area contributed by atoms with Crippen molar-refractivity contribution in [3.05, 3.63) is 39.2 Å². The first-order valence-electron chi connectivity index (χ1n) is 6.63. The maximum absolute atomic E-state index is 11.6. The number of amides is 1. The molecule has 2 rings (SSSR count). The van der Waals surface area contributed by atoms with E-state index in [4.69, 9.17) is 25.5 Å². The molecule has 0 aliphatic carbocycles. The Labute approximate surface area is 132 Å². The lowest BCUT2D eigenvalue weighted by Crippen LogP contribution is -2.31. The monoisotopic (exact) mass is 325 g/mol. The molecule has 118 valence electrons. The summed E-state index contributed by atoms with van der Waals surface area (Å²) in [6, 6.07) is 4.55. The van der Waals surface area contributed by atoms with E-state index < -0.39 is 5.63 Å². The molecule has 1 aromatic carbocycles. The van der Waals surface area contributed by atoms with Crippen LogP contribution < -0.4 is 15.7 Å². The zero-order chi connectivity index (χ0) is 16.1. The molecule has 0 bridgehead atoms. The number of carbonyl (C=O) groups is 1. The number of hydrogen-bond donors (Lipinski definition) is 1. The zero-order valence-corrected chi connectivity index (χ0v) is 13.0. The summed E-state index contributed by atoms with van der Waals surface area (Å²) < 4.78 is 15.3. The summed E-state index contributed by atoms with van der Waals surface area (Å²) in [5.41, 5.74) is 0.678. The summed E-state index contributed by atoms with van der Waals surface area (Å²) >= 11 is 6.13. The second-order valence-electron chi connectivity index (χ2n) is 4.66. The second kappa shape index (κ2) is 7.29. The zero-order valence-electron chi connectivity index (χ0n) is 12.3. The Morgan fingerprint density at radius 3 is 2.86 bits per heavy atom. The molecule has 2 aromatic rings. The first kappa shape index (κ1) is 16.3.